The fraction of sp³-hybridized carbons (Fsp3) is 0.923. The summed E-state index contributed by atoms with van der Waals surface area (Å²) >= 11 is 0. The number of unbranched alkanes of at least 4 members (excludes halogenated alkanes) is 3. The molecule has 0 aliphatic heterocycles. The highest BCUT2D eigenvalue weighted by molar-refractivity contribution is 5.80. The molecule has 0 spiro atoms. The Kier molecular flexibility index (Phi) is 7.83. The lowest BCUT2D eigenvalue weighted by Gasteiger charge is -2.12. The van der Waals surface area contributed by atoms with E-state index >= 15 is 0 Å². The molecule has 0 aliphatic carbocycles. The minimum Gasteiger partial charge on any atom is -0.299 e. The van der Waals surface area contributed by atoms with Crippen LogP contribution in [-0.2, 0) is 4.79 Å². The summed E-state index contributed by atoms with van der Waals surface area (Å²) in [6, 6.07) is 0. The number of carbonyl (C=O) groups excluding carboxylic acids is 1. The van der Waals surface area contributed by atoms with Crippen LogP contribution in [0.25, 0.3) is 0 Å². The molecule has 0 amide bonds. The number of rotatable bonds is 8. The molecule has 0 radical (unpaired) electrons. The van der Waals surface area contributed by atoms with Gasteiger partial charge in [-0.2, -0.15) is 0 Å². The standard InChI is InChI=1S/C13H26O/c1-5-6-7-8-9-13(14)12(4)10-11(2)3/h11-12H,5-10H2,1-4H3. The Morgan fingerprint density at radius 3 is 2.21 bits per heavy atom. The highest BCUT2D eigenvalue weighted by Gasteiger charge is 2.13. The van der Waals surface area contributed by atoms with Gasteiger partial charge in [0.1, 0.15) is 5.78 Å². The van der Waals surface area contributed by atoms with Gasteiger partial charge in [0.25, 0.3) is 0 Å². The van der Waals surface area contributed by atoms with Crippen LogP contribution in [-0.4, -0.2) is 5.78 Å². The van der Waals surface area contributed by atoms with Gasteiger partial charge in [0.05, 0.1) is 0 Å². The van der Waals surface area contributed by atoms with E-state index in [-0.39, 0.29) is 5.92 Å². The van der Waals surface area contributed by atoms with Gasteiger partial charge in [0, 0.05) is 12.3 Å². The fourth-order valence-corrected chi connectivity index (χ4v) is 1.81. The molecule has 14 heavy (non-hydrogen) atoms. The second-order valence-corrected chi connectivity index (χ2v) is 4.81. The fourth-order valence-electron chi connectivity index (χ4n) is 1.81. The Morgan fingerprint density at radius 2 is 1.71 bits per heavy atom. The molecule has 0 aromatic rings. The lowest BCUT2D eigenvalue weighted by Crippen LogP contribution is -2.12. The van der Waals surface area contributed by atoms with Crippen molar-refractivity contribution in [2.24, 2.45) is 11.8 Å². The number of hydrogen-bond acceptors (Lipinski definition) is 1. The van der Waals surface area contributed by atoms with Gasteiger partial charge in [-0.3, -0.25) is 4.79 Å². The molecule has 1 nitrogen and oxygen atoms in total. The first-order valence-corrected chi connectivity index (χ1v) is 6.10. The van der Waals surface area contributed by atoms with Crippen molar-refractivity contribution >= 4 is 5.78 Å². The van der Waals surface area contributed by atoms with Gasteiger partial charge in [-0.05, 0) is 18.8 Å². The molecule has 0 rings (SSSR count). The second-order valence-electron chi connectivity index (χ2n) is 4.81. The minimum atomic E-state index is 0.275. The Balaban J connectivity index is 3.52. The average molecular weight is 198 g/mol. The molecular formula is C13H26O. The first-order chi connectivity index (χ1) is 6.57. The van der Waals surface area contributed by atoms with E-state index in [0.29, 0.717) is 11.7 Å². The lowest BCUT2D eigenvalue weighted by molar-refractivity contribution is -0.122. The van der Waals surface area contributed by atoms with Crippen LogP contribution in [0.3, 0.4) is 0 Å². The summed E-state index contributed by atoms with van der Waals surface area (Å²) in [5, 5.41) is 0. The van der Waals surface area contributed by atoms with E-state index in [0.717, 1.165) is 19.3 Å². The molecule has 0 saturated heterocycles. The molecule has 0 aromatic carbocycles. The first-order valence-electron chi connectivity index (χ1n) is 6.10. The largest absolute Gasteiger partial charge is 0.299 e. The molecule has 0 aliphatic rings. The maximum atomic E-state index is 11.6. The molecule has 1 atom stereocenters. The molecular weight excluding hydrogens is 172 g/mol. The predicted octanol–water partition coefficient (Wildman–Crippen LogP) is 4.21. The monoisotopic (exact) mass is 198 g/mol. The van der Waals surface area contributed by atoms with Gasteiger partial charge in [-0.1, -0.05) is 47.0 Å². The average Bonchev–Trinajstić information content (AvgIpc) is 2.11. The Morgan fingerprint density at radius 1 is 1.07 bits per heavy atom. The number of ketones is 1. The van der Waals surface area contributed by atoms with E-state index in [9.17, 15) is 4.79 Å². The highest BCUT2D eigenvalue weighted by Crippen LogP contribution is 2.15. The maximum absolute atomic E-state index is 11.6. The zero-order chi connectivity index (χ0) is 11.0. The van der Waals surface area contributed by atoms with Gasteiger partial charge in [-0.25, -0.2) is 0 Å². The third kappa shape index (κ3) is 7.11. The van der Waals surface area contributed by atoms with Crippen molar-refractivity contribution in [3.8, 4) is 0 Å². The van der Waals surface area contributed by atoms with E-state index < -0.39 is 0 Å². The molecule has 1 heteroatoms. The van der Waals surface area contributed by atoms with E-state index in [2.05, 4.69) is 27.7 Å². The summed E-state index contributed by atoms with van der Waals surface area (Å²) in [6.45, 7) is 8.63. The smallest absolute Gasteiger partial charge is 0.135 e. The van der Waals surface area contributed by atoms with Crippen LogP contribution >= 0.6 is 0 Å². The molecule has 84 valence electrons. The summed E-state index contributed by atoms with van der Waals surface area (Å²) in [7, 11) is 0. The zero-order valence-corrected chi connectivity index (χ0v) is 10.3. The van der Waals surface area contributed by atoms with Crippen LogP contribution in [0.2, 0.25) is 0 Å². The summed E-state index contributed by atoms with van der Waals surface area (Å²) in [5.41, 5.74) is 0. The molecule has 0 aromatic heterocycles. The Bertz CT molecular complexity index is 149. The summed E-state index contributed by atoms with van der Waals surface area (Å²) in [5.74, 6) is 1.39. The number of Topliss-reactive ketones (excluding diaryl/α,β-unsaturated/α-hetero) is 1. The third-order valence-electron chi connectivity index (χ3n) is 2.65. The quantitative estimate of drug-likeness (QED) is 0.534. The van der Waals surface area contributed by atoms with Crippen molar-refractivity contribution in [1.82, 2.24) is 0 Å². The van der Waals surface area contributed by atoms with Crippen molar-refractivity contribution in [2.45, 2.75) is 66.2 Å². The van der Waals surface area contributed by atoms with Gasteiger partial charge >= 0.3 is 0 Å². The van der Waals surface area contributed by atoms with E-state index in [1.165, 1.54) is 19.3 Å². The van der Waals surface area contributed by atoms with Crippen molar-refractivity contribution < 1.29 is 4.79 Å². The number of carbonyl (C=O) groups is 1. The van der Waals surface area contributed by atoms with E-state index in [1.807, 2.05) is 0 Å². The summed E-state index contributed by atoms with van der Waals surface area (Å²) in [4.78, 5) is 11.6. The van der Waals surface area contributed by atoms with Crippen LogP contribution in [0.1, 0.15) is 66.2 Å². The SMILES string of the molecule is CCCCCCC(=O)C(C)CC(C)C. The normalized spacial score (nSPS) is 13.2. The van der Waals surface area contributed by atoms with Crippen LogP contribution in [0, 0.1) is 11.8 Å². The molecule has 0 saturated carbocycles. The number of hydrogen-bond donors (Lipinski definition) is 0. The van der Waals surface area contributed by atoms with Crippen molar-refractivity contribution in [3.05, 3.63) is 0 Å². The molecule has 0 N–H and O–H groups in total. The maximum Gasteiger partial charge on any atom is 0.135 e. The molecule has 0 heterocycles. The molecule has 0 bridgehead atoms. The van der Waals surface area contributed by atoms with Gasteiger partial charge in [-0.15, -0.1) is 0 Å². The second kappa shape index (κ2) is 8.02. The summed E-state index contributed by atoms with van der Waals surface area (Å²) in [6.07, 6.45) is 6.67. The van der Waals surface area contributed by atoms with E-state index in [4.69, 9.17) is 0 Å². The molecule has 0 fully saturated rings. The van der Waals surface area contributed by atoms with E-state index in [1.54, 1.807) is 0 Å². The molecule has 1 unspecified atom stereocenters. The minimum absolute atomic E-state index is 0.275. The topological polar surface area (TPSA) is 17.1 Å². The van der Waals surface area contributed by atoms with Crippen molar-refractivity contribution in [2.75, 3.05) is 0 Å². The van der Waals surface area contributed by atoms with Crippen LogP contribution < -0.4 is 0 Å². The van der Waals surface area contributed by atoms with Gasteiger partial charge in [0.15, 0.2) is 0 Å². The third-order valence-corrected chi connectivity index (χ3v) is 2.65. The first kappa shape index (κ1) is 13.7. The van der Waals surface area contributed by atoms with Crippen LogP contribution in [0.5, 0.6) is 0 Å². The highest BCUT2D eigenvalue weighted by atomic mass is 16.1. The Hall–Kier alpha value is -0.330. The van der Waals surface area contributed by atoms with Gasteiger partial charge in [0.2, 0.25) is 0 Å². The summed E-state index contributed by atoms with van der Waals surface area (Å²) < 4.78 is 0. The van der Waals surface area contributed by atoms with Gasteiger partial charge < -0.3 is 0 Å². The van der Waals surface area contributed by atoms with Crippen molar-refractivity contribution in [3.63, 3.8) is 0 Å². The van der Waals surface area contributed by atoms with Crippen LogP contribution in [0.15, 0.2) is 0 Å². The van der Waals surface area contributed by atoms with Crippen molar-refractivity contribution in [1.29, 1.82) is 0 Å². The lowest BCUT2D eigenvalue weighted by atomic mass is 9.92. The Labute approximate surface area is 89.3 Å². The zero-order valence-electron chi connectivity index (χ0n) is 10.3. The predicted molar refractivity (Wildman–Crippen MR) is 62.4 cm³/mol. The van der Waals surface area contributed by atoms with Crippen LogP contribution in [0.4, 0.5) is 0 Å².